The first-order chi connectivity index (χ1) is 11.0. The van der Waals surface area contributed by atoms with Crippen molar-refractivity contribution in [1.82, 2.24) is 9.97 Å². The van der Waals surface area contributed by atoms with Crippen molar-refractivity contribution in [1.29, 1.82) is 0 Å². The van der Waals surface area contributed by atoms with E-state index in [2.05, 4.69) is 14.7 Å². The fourth-order valence-corrected chi connectivity index (χ4v) is 3.14. The summed E-state index contributed by atoms with van der Waals surface area (Å²) in [5, 5.41) is 0.0819. The molecule has 0 radical (unpaired) electrons. The molecular weight excluding hydrogens is 341 g/mol. The minimum atomic E-state index is -3.96. The number of anilines is 1. The molecule has 0 aliphatic carbocycles. The Labute approximate surface area is 137 Å². The maximum atomic E-state index is 13.7. The first-order valence-electron chi connectivity index (χ1n) is 6.53. The van der Waals surface area contributed by atoms with Gasteiger partial charge in [0.15, 0.2) is 11.6 Å². The lowest BCUT2D eigenvalue weighted by Crippen LogP contribution is -2.14. The molecule has 5 nitrogen and oxygen atoms in total. The molecule has 2 aromatic heterocycles. The molecule has 0 atom stereocenters. The van der Waals surface area contributed by atoms with Crippen LogP contribution in [0.4, 0.5) is 10.2 Å². The summed E-state index contributed by atoms with van der Waals surface area (Å²) in [5.74, 6) is -1.25. The Kier molecular flexibility index (Phi) is 4.06. The SMILES string of the molecule is O=S(=O)(Nc1ncc(Cl)cc1F)c1c[nH]c(-c2ccccc2)c1. The summed E-state index contributed by atoms with van der Waals surface area (Å²) in [5.41, 5.74) is 1.47. The number of hydrogen-bond donors (Lipinski definition) is 2. The Balaban J connectivity index is 1.90. The van der Waals surface area contributed by atoms with E-state index in [1.165, 1.54) is 12.3 Å². The fourth-order valence-electron chi connectivity index (χ4n) is 1.99. The Morgan fingerprint density at radius 3 is 2.61 bits per heavy atom. The predicted octanol–water partition coefficient (Wildman–Crippen LogP) is 3.67. The van der Waals surface area contributed by atoms with Gasteiger partial charge >= 0.3 is 0 Å². The van der Waals surface area contributed by atoms with Crippen molar-refractivity contribution < 1.29 is 12.8 Å². The van der Waals surface area contributed by atoms with Gasteiger partial charge in [0.25, 0.3) is 10.0 Å². The molecule has 2 heterocycles. The van der Waals surface area contributed by atoms with E-state index in [1.54, 1.807) is 0 Å². The molecule has 0 unspecified atom stereocenters. The van der Waals surface area contributed by atoms with Gasteiger partial charge in [0.2, 0.25) is 0 Å². The van der Waals surface area contributed by atoms with E-state index in [-0.39, 0.29) is 9.92 Å². The molecule has 0 bridgehead atoms. The summed E-state index contributed by atoms with van der Waals surface area (Å²) in [6.45, 7) is 0. The van der Waals surface area contributed by atoms with Crippen LogP contribution >= 0.6 is 11.6 Å². The molecule has 0 amide bonds. The van der Waals surface area contributed by atoms with Crippen LogP contribution in [-0.4, -0.2) is 18.4 Å². The van der Waals surface area contributed by atoms with Crippen LogP contribution in [0.3, 0.4) is 0 Å². The van der Waals surface area contributed by atoms with E-state index in [9.17, 15) is 12.8 Å². The average molecular weight is 352 g/mol. The summed E-state index contributed by atoms with van der Waals surface area (Å²) in [6.07, 6.45) is 2.49. The number of halogens is 2. The largest absolute Gasteiger partial charge is 0.360 e. The van der Waals surface area contributed by atoms with Crippen LogP contribution in [0.1, 0.15) is 0 Å². The van der Waals surface area contributed by atoms with Gasteiger partial charge in [-0.25, -0.2) is 17.8 Å². The van der Waals surface area contributed by atoms with Gasteiger partial charge in [-0.2, -0.15) is 0 Å². The maximum absolute atomic E-state index is 13.7. The smallest absolute Gasteiger partial charge is 0.264 e. The lowest BCUT2D eigenvalue weighted by Gasteiger charge is -2.06. The summed E-state index contributed by atoms with van der Waals surface area (Å²) < 4.78 is 40.4. The van der Waals surface area contributed by atoms with Crippen LogP contribution in [-0.2, 0) is 10.0 Å². The van der Waals surface area contributed by atoms with Gasteiger partial charge in [-0.05, 0) is 17.7 Å². The predicted molar refractivity (Wildman–Crippen MR) is 86.2 cm³/mol. The monoisotopic (exact) mass is 351 g/mol. The first kappa shape index (κ1) is 15.5. The second-order valence-electron chi connectivity index (χ2n) is 4.70. The van der Waals surface area contributed by atoms with Crippen molar-refractivity contribution in [2.45, 2.75) is 4.90 Å². The number of H-pyrrole nitrogens is 1. The fraction of sp³-hybridized carbons (Fsp3) is 0. The topological polar surface area (TPSA) is 74.8 Å². The van der Waals surface area contributed by atoms with Gasteiger partial charge in [0.05, 0.1) is 5.02 Å². The van der Waals surface area contributed by atoms with Gasteiger partial charge in [-0.1, -0.05) is 41.9 Å². The average Bonchev–Trinajstić information content (AvgIpc) is 3.02. The van der Waals surface area contributed by atoms with E-state index in [0.29, 0.717) is 5.69 Å². The number of aromatic amines is 1. The zero-order valence-electron chi connectivity index (χ0n) is 11.6. The molecule has 0 fully saturated rings. The third kappa shape index (κ3) is 3.35. The van der Waals surface area contributed by atoms with Crippen molar-refractivity contribution in [2.75, 3.05) is 4.72 Å². The highest BCUT2D eigenvalue weighted by Crippen LogP contribution is 2.24. The van der Waals surface area contributed by atoms with Crippen LogP contribution in [0.5, 0.6) is 0 Å². The molecule has 3 rings (SSSR count). The molecular formula is C15H11ClFN3O2S. The number of rotatable bonds is 4. The minimum absolute atomic E-state index is 0.0208. The molecule has 8 heteroatoms. The summed E-state index contributed by atoms with van der Waals surface area (Å²) in [4.78, 5) is 6.51. The number of benzene rings is 1. The Hall–Kier alpha value is -2.38. The molecule has 2 N–H and O–H groups in total. The number of aromatic nitrogens is 2. The zero-order chi connectivity index (χ0) is 16.4. The van der Waals surface area contributed by atoms with Gasteiger partial charge < -0.3 is 4.98 Å². The molecule has 0 aliphatic rings. The second-order valence-corrected chi connectivity index (χ2v) is 6.82. The molecule has 0 saturated carbocycles. The lowest BCUT2D eigenvalue weighted by molar-refractivity contribution is 0.597. The van der Waals surface area contributed by atoms with E-state index in [4.69, 9.17) is 11.6 Å². The highest BCUT2D eigenvalue weighted by atomic mass is 35.5. The first-order valence-corrected chi connectivity index (χ1v) is 8.39. The Morgan fingerprint density at radius 1 is 1.17 bits per heavy atom. The summed E-state index contributed by atoms with van der Waals surface area (Å²) >= 11 is 5.59. The molecule has 118 valence electrons. The van der Waals surface area contributed by atoms with Crippen molar-refractivity contribution in [3.8, 4) is 11.3 Å². The highest BCUT2D eigenvalue weighted by molar-refractivity contribution is 7.92. The maximum Gasteiger partial charge on any atom is 0.264 e. The van der Waals surface area contributed by atoms with Crippen LogP contribution in [0.15, 0.2) is 59.8 Å². The van der Waals surface area contributed by atoms with Crippen LogP contribution in [0, 0.1) is 5.82 Å². The zero-order valence-corrected chi connectivity index (χ0v) is 13.2. The number of pyridine rings is 1. The highest BCUT2D eigenvalue weighted by Gasteiger charge is 2.19. The van der Waals surface area contributed by atoms with Gasteiger partial charge in [-0.15, -0.1) is 0 Å². The third-order valence-corrected chi connectivity index (χ3v) is 4.62. The molecule has 0 aliphatic heterocycles. The van der Waals surface area contributed by atoms with E-state index >= 15 is 0 Å². The van der Waals surface area contributed by atoms with E-state index in [0.717, 1.165) is 17.8 Å². The van der Waals surface area contributed by atoms with Crippen molar-refractivity contribution >= 4 is 27.4 Å². The Morgan fingerprint density at radius 2 is 1.91 bits per heavy atom. The van der Waals surface area contributed by atoms with Crippen LogP contribution in [0.25, 0.3) is 11.3 Å². The number of hydrogen-bond acceptors (Lipinski definition) is 3. The van der Waals surface area contributed by atoms with Gasteiger partial charge in [0.1, 0.15) is 4.90 Å². The van der Waals surface area contributed by atoms with Crippen LogP contribution in [0.2, 0.25) is 5.02 Å². The van der Waals surface area contributed by atoms with Crippen molar-refractivity contribution in [2.24, 2.45) is 0 Å². The number of sulfonamides is 1. The van der Waals surface area contributed by atoms with Gasteiger partial charge in [-0.3, -0.25) is 4.72 Å². The molecule has 0 spiro atoms. The third-order valence-electron chi connectivity index (χ3n) is 3.09. The lowest BCUT2D eigenvalue weighted by atomic mass is 10.2. The quantitative estimate of drug-likeness (QED) is 0.753. The minimum Gasteiger partial charge on any atom is -0.360 e. The molecule has 23 heavy (non-hydrogen) atoms. The summed E-state index contributed by atoms with van der Waals surface area (Å²) in [6, 6.07) is 11.7. The van der Waals surface area contributed by atoms with Gasteiger partial charge in [0, 0.05) is 18.1 Å². The van der Waals surface area contributed by atoms with E-state index in [1.807, 2.05) is 30.3 Å². The van der Waals surface area contributed by atoms with E-state index < -0.39 is 21.7 Å². The number of nitrogens with zero attached hydrogens (tertiary/aromatic N) is 1. The standard InChI is InChI=1S/C15H11ClFN3O2S/c16-11-6-13(17)15(19-8-11)20-23(21,22)12-7-14(18-9-12)10-4-2-1-3-5-10/h1-9,18H,(H,19,20). The summed E-state index contributed by atoms with van der Waals surface area (Å²) in [7, 11) is -3.96. The molecule has 1 aromatic carbocycles. The number of nitrogens with one attached hydrogen (secondary N) is 2. The normalized spacial score (nSPS) is 11.4. The Bertz CT molecular complexity index is 942. The molecule has 3 aromatic rings. The molecule has 0 saturated heterocycles. The van der Waals surface area contributed by atoms with Crippen molar-refractivity contribution in [3.63, 3.8) is 0 Å². The van der Waals surface area contributed by atoms with Crippen molar-refractivity contribution in [3.05, 3.63) is 65.7 Å². The van der Waals surface area contributed by atoms with Crippen LogP contribution < -0.4 is 4.72 Å². The second kappa shape index (κ2) is 6.02.